The fraction of sp³-hybridized carbons (Fsp3) is 0.478. The van der Waals surface area contributed by atoms with Gasteiger partial charge in [0.15, 0.2) is 6.61 Å². The summed E-state index contributed by atoms with van der Waals surface area (Å²) in [4.78, 5) is 25.4. The molecule has 1 atom stereocenters. The first-order chi connectivity index (χ1) is 15.6. The Morgan fingerprint density at radius 3 is 2.42 bits per heavy atom. The average Bonchev–Trinajstić information content (AvgIpc) is 3.41. The first-order valence-electron chi connectivity index (χ1n) is 10.7. The van der Waals surface area contributed by atoms with Gasteiger partial charge in [0.05, 0.1) is 28.1 Å². The van der Waals surface area contributed by atoms with Crippen LogP contribution in [0.2, 0.25) is 5.02 Å². The van der Waals surface area contributed by atoms with Gasteiger partial charge in [0.1, 0.15) is 0 Å². The third-order valence-corrected chi connectivity index (χ3v) is 8.05. The summed E-state index contributed by atoms with van der Waals surface area (Å²) < 4.78 is 39.4. The number of hydrogen-bond acceptors (Lipinski definition) is 6. The molecule has 180 valence electrons. The van der Waals surface area contributed by atoms with E-state index < -0.39 is 22.6 Å². The third kappa shape index (κ3) is 5.32. The van der Waals surface area contributed by atoms with E-state index in [1.807, 2.05) is 25.3 Å². The van der Waals surface area contributed by atoms with E-state index in [1.54, 1.807) is 13.2 Å². The number of carbonyl (C=O) groups is 2. The molecule has 1 aliphatic rings. The Labute approximate surface area is 199 Å². The molecule has 1 aromatic carbocycles. The predicted octanol–water partition coefficient (Wildman–Crippen LogP) is 3.79. The number of halogens is 1. The highest BCUT2D eigenvalue weighted by molar-refractivity contribution is 7.89. The van der Waals surface area contributed by atoms with Crippen LogP contribution in [0.4, 0.5) is 0 Å². The van der Waals surface area contributed by atoms with E-state index in [9.17, 15) is 18.0 Å². The SMILES string of the molecule is COCC(C)n1c(C)cc(C(=O)COC(=O)c2cc(S(=O)(=O)N3CCCC3)ccc2Cl)c1C. The second-order valence-corrected chi connectivity index (χ2v) is 10.6. The number of ether oxygens (including phenoxy) is 2. The summed E-state index contributed by atoms with van der Waals surface area (Å²) in [6.45, 7) is 6.62. The van der Waals surface area contributed by atoms with Crippen molar-refractivity contribution >= 4 is 33.4 Å². The molecule has 1 saturated heterocycles. The van der Waals surface area contributed by atoms with Crippen LogP contribution in [0.3, 0.4) is 0 Å². The van der Waals surface area contributed by atoms with Crippen LogP contribution in [0.25, 0.3) is 0 Å². The summed E-state index contributed by atoms with van der Waals surface area (Å²) in [5.41, 5.74) is 2.02. The molecule has 0 radical (unpaired) electrons. The van der Waals surface area contributed by atoms with E-state index in [0.717, 1.165) is 24.2 Å². The molecule has 1 unspecified atom stereocenters. The normalized spacial score (nSPS) is 15.5. The molecule has 3 rings (SSSR count). The molecule has 0 amide bonds. The number of aryl methyl sites for hydroxylation is 1. The Bertz CT molecular complexity index is 1150. The zero-order valence-electron chi connectivity index (χ0n) is 19.3. The summed E-state index contributed by atoms with van der Waals surface area (Å²) >= 11 is 6.14. The Morgan fingerprint density at radius 1 is 1.12 bits per heavy atom. The number of nitrogens with zero attached hydrogens (tertiary/aromatic N) is 2. The lowest BCUT2D eigenvalue weighted by Gasteiger charge is -2.17. The number of sulfonamides is 1. The van der Waals surface area contributed by atoms with Crippen LogP contribution in [-0.2, 0) is 19.5 Å². The molecule has 33 heavy (non-hydrogen) atoms. The number of hydrogen-bond donors (Lipinski definition) is 0. The molecule has 0 N–H and O–H groups in total. The number of ketones is 1. The van der Waals surface area contributed by atoms with Gasteiger partial charge in [-0.25, -0.2) is 13.2 Å². The maximum absolute atomic E-state index is 12.8. The lowest BCUT2D eigenvalue weighted by atomic mass is 10.1. The van der Waals surface area contributed by atoms with Crippen LogP contribution in [0.5, 0.6) is 0 Å². The van der Waals surface area contributed by atoms with E-state index in [4.69, 9.17) is 21.1 Å². The number of carbonyl (C=O) groups excluding carboxylic acids is 2. The molecule has 1 aliphatic heterocycles. The van der Waals surface area contributed by atoms with Crippen LogP contribution >= 0.6 is 11.6 Å². The van der Waals surface area contributed by atoms with Crippen LogP contribution in [0.15, 0.2) is 29.2 Å². The van der Waals surface area contributed by atoms with Crippen molar-refractivity contribution in [3.05, 3.63) is 51.8 Å². The minimum Gasteiger partial charge on any atom is -0.454 e. The minimum absolute atomic E-state index is 0.0252. The van der Waals surface area contributed by atoms with Gasteiger partial charge in [-0.15, -0.1) is 0 Å². The van der Waals surface area contributed by atoms with Gasteiger partial charge < -0.3 is 14.0 Å². The van der Waals surface area contributed by atoms with Crippen molar-refractivity contribution in [3.8, 4) is 0 Å². The largest absolute Gasteiger partial charge is 0.454 e. The van der Waals surface area contributed by atoms with Crippen molar-refractivity contribution in [3.63, 3.8) is 0 Å². The van der Waals surface area contributed by atoms with Crippen molar-refractivity contribution < 1.29 is 27.5 Å². The topological polar surface area (TPSA) is 94.9 Å². The molecule has 1 fully saturated rings. The van der Waals surface area contributed by atoms with Crippen molar-refractivity contribution in [2.45, 2.75) is 44.6 Å². The zero-order valence-corrected chi connectivity index (χ0v) is 20.8. The highest BCUT2D eigenvalue weighted by Crippen LogP contribution is 2.26. The van der Waals surface area contributed by atoms with Gasteiger partial charge in [-0.3, -0.25) is 4.79 Å². The molecular weight excluding hydrogens is 468 g/mol. The molecule has 2 heterocycles. The fourth-order valence-electron chi connectivity index (χ4n) is 4.24. The molecule has 8 nitrogen and oxygen atoms in total. The maximum atomic E-state index is 12.8. The summed E-state index contributed by atoms with van der Waals surface area (Å²) in [6.07, 6.45) is 1.60. The first kappa shape index (κ1) is 25.4. The molecule has 0 aliphatic carbocycles. The smallest absolute Gasteiger partial charge is 0.340 e. The maximum Gasteiger partial charge on any atom is 0.340 e. The van der Waals surface area contributed by atoms with Crippen LogP contribution in [-0.4, -0.2) is 62.5 Å². The van der Waals surface area contributed by atoms with Gasteiger partial charge in [-0.1, -0.05) is 11.6 Å². The monoisotopic (exact) mass is 496 g/mol. The summed E-state index contributed by atoms with van der Waals surface area (Å²) in [6, 6.07) is 5.73. The van der Waals surface area contributed by atoms with E-state index in [-0.39, 0.29) is 27.3 Å². The van der Waals surface area contributed by atoms with Crippen LogP contribution in [0.1, 0.15) is 57.9 Å². The van der Waals surface area contributed by atoms with Crippen LogP contribution in [0, 0.1) is 13.8 Å². The predicted molar refractivity (Wildman–Crippen MR) is 125 cm³/mol. The number of Topliss-reactive ketones (excluding diaryl/α,β-unsaturated/α-hetero) is 1. The first-order valence-corrected chi connectivity index (χ1v) is 12.6. The van der Waals surface area contributed by atoms with Gasteiger partial charge in [0.25, 0.3) is 0 Å². The summed E-state index contributed by atoms with van der Waals surface area (Å²) in [7, 11) is -2.10. The van der Waals surface area contributed by atoms with Gasteiger partial charge in [0.2, 0.25) is 15.8 Å². The second kappa shape index (κ2) is 10.4. The number of benzene rings is 1. The average molecular weight is 497 g/mol. The van der Waals surface area contributed by atoms with E-state index in [1.165, 1.54) is 22.5 Å². The van der Waals surface area contributed by atoms with E-state index in [0.29, 0.717) is 25.3 Å². The van der Waals surface area contributed by atoms with E-state index >= 15 is 0 Å². The fourth-order valence-corrected chi connectivity index (χ4v) is 5.98. The highest BCUT2D eigenvalue weighted by atomic mass is 35.5. The molecule has 1 aromatic heterocycles. The Kier molecular flexibility index (Phi) is 8.00. The van der Waals surface area contributed by atoms with Gasteiger partial charge >= 0.3 is 5.97 Å². The van der Waals surface area contributed by atoms with Gasteiger partial charge in [-0.05, 0) is 57.9 Å². The lowest BCUT2D eigenvalue weighted by molar-refractivity contribution is 0.0474. The number of aromatic nitrogens is 1. The minimum atomic E-state index is -3.72. The molecule has 10 heteroatoms. The van der Waals surface area contributed by atoms with Crippen molar-refractivity contribution in [1.82, 2.24) is 8.87 Å². The van der Waals surface area contributed by atoms with Crippen molar-refractivity contribution in [2.24, 2.45) is 0 Å². The molecular formula is C23H29ClN2O6S. The van der Waals surface area contributed by atoms with E-state index in [2.05, 4.69) is 0 Å². The van der Waals surface area contributed by atoms with Crippen molar-refractivity contribution in [1.29, 1.82) is 0 Å². The molecule has 0 saturated carbocycles. The third-order valence-electron chi connectivity index (χ3n) is 5.83. The van der Waals surface area contributed by atoms with Crippen LogP contribution < -0.4 is 0 Å². The van der Waals surface area contributed by atoms with Crippen molar-refractivity contribution in [2.75, 3.05) is 33.4 Å². The molecule has 2 aromatic rings. The molecule has 0 bridgehead atoms. The number of rotatable bonds is 9. The number of methoxy groups -OCH3 is 1. The lowest BCUT2D eigenvalue weighted by Crippen LogP contribution is -2.28. The zero-order chi connectivity index (χ0) is 24.3. The highest BCUT2D eigenvalue weighted by Gasteiger charge is 2.29. The Balaban J connectivity index is 1.75. The summed E-state index contributed by atoms with van der Waals surface area (Å²) in [5.74, 6) is -1.21. The van der Waals surface area contributed by atoms with Gasteiger partial charge in [-0.2, -0.15) is 4.31 Å². The van der Waals surface area contributed by atoms with Gasteiger partial charge in [0, 0.05) is 37.2 Å². The Hall–Kier alpha value is -2.20. The summed E-state index contributed by atoms with van der Waals surface area (Å²) in [5, 5.41) is 0.0550. The molecule has 0 spiro atoms. The second-order valence-electron chi connectivity index (χ2n) is 8.21. The number of esters is 1. The standard InChI is InChI=1S/C23H29ClN2O6S/c1-15-11-19(17(3)26(15)16(2)13-31-4)22(27)14-32-23(28)20-12-18(7-8-21(20)24)33(29,30)25-9-5-6-10-25/h7-8,11-12,16H,5-6,9-10,13-14H2,1-4H3. The quantitative estimate of drug-likeness (QED) is 0.387. The Morgan fingerprint density at radius 2 is 1.79 bits per heavy atom.